The lowest BCUT2D eigenvalue weighted by atomic mass is 10.2. The average molecular weight is 460 g/mol. The molecule has 32 heavy (non-hydrogen) atoms. The summed E-state index contributed by atoms with van der Waals surface area (Å²) in [6, 6.07) is 19.5. The van der Waals surface area contributed by atoms with Crippen LogP contribution in [0.1, 0.15) is 11.5 Å². The van der Waals surface area contributed by atoms with E-state index in [1.807, 2.05) is 48.5 Å². The van der Waals surface area contributed by atoms with E-state index in [1.165, 1.54) is 11.8 Å². The molecule has 0 amide bonds. The molecule has 0 saturated heterocycles. The molecular weight excluding hydrogens is 442 g/mol. The summed E-state index contributed by atoms with van der Waals surface area (Å²) >= 11 is 7.50. The third kappa shape index (κ3) is 4.17. The third-order valence-electron chi connectivity index (χ3n) is 4.94. The van der Waals surface area contributed by atoms with Gasteiger partial charge in [-0.2, -0.15) is 0 Å². The lowest BCUT2D eigenvalue weighted by molar-refractivity contribution is 0.529. The molecule has 0 aliphatic heterocycles. The van der Waals surface area contributed by atoms with Crippen molar-refractivity contribution in [2.24, 2.45) is 0 Å². The van der Waals surface area contributed by atoms with Gasteiger partial charge < -0.3 is 4.42 Å². The lowest BCUT2D eigenvalue weighted by Crippen LogP contribution is -2.02. The Balaban J connectivity index is 1.45. The standard InChI is InChI=1S/C24H18ClN5OS/c1-16-4-2-3-5-20(16)30-23(18-10-12-26-13-11-18)28-29-24(30)32-15-22-27-14-21(31-22)17-6-8-19(25)9-7-17/h2-14H,15H2,1H3. The van der Waals surface area contributed by atoms with Gasteiger partial charge in [-0.05, 0) is 55.0 Å². The first kappa shape index (κ1) is 20.5. The number of oxazole rings is 1. The van der Waals surface area contributed by atoms with Crippen LogP contribution in [0.25, 0.3) is 28.4 Å². The summed E-state index contributed by atoms with van der Waals surface area (Å²) in [6.07, 6.45) is 5.24. The molecule has 0 atom stereocenters. The third-order valence-corrected chi connectivity index (χ3v) is 6.10. The van der Waals surface area contributed by atoms with Gasteiger partial charge in [0.05, 0.1) is 17.6 Å². The van der Waals surface area contributed by atoms with Gasteiger partial charge in [0.15, 0.2) is 16.7 Å². The number of aromatic nitrogens is 5. The monoisotopic (exact) mass is 459 g/mol. The largest absolute Gasteiger partial charge is 0.440 e. The number of thioether (sulfide) groups is 1. The molecule has 0 spiro atoms. The van der Waals surface area contributed by atoms with Gasteiger partial charge in [0, 0.05) is 28.5 Å². The summed E-state index contributed by atoms with van der Waals surface area (Å²) in [7, 11) is 0. The molecule has 6 nitrogen and oxygen atoms in total. The van der Waals surface area contributed by atoms with Gasteiger partial charge >= 0.3 is 0 Å². The minimum absolute atomic E-state index is 0.522. The van der Waals surface area contributed by atoms with E-state index >= 15 is 0 Å². The zero-order chi connectivity index (χ0) is 21.9. The highest BCUT2D eigenvalue weighted by Gasteiger charge is 2.18. The van der Waals surface area contributed by atoms with Crippen molar-refractivity contribution < 1.29 is 4.42 Å². The van der Waals surface area contributed by atoms with Gasteiger partial charge in [-0.25, -0.2) is 4.98 Å². The molecule has 0 fully saturated rings. The fourth-order valence-electron chi connectivity index (χ4n) is 3.33. The van der Waals surface area contributed by atoms with Crippen LogP contribution in [0.15, 0.2) is 88.8 Å². The van der Waals surface area contributed by atoms with E-state index in [1.54, 1.807) is 18.6 Å². The first-order valence-corrected chi connectivity index (χ1v) is 11.3. The lowest BCUT2D eigenvalue weighted by Gasteiger charge is -2.12. The summed E-state index contributed by atoms with van der Waals surface area (Å²) in [5.41, 5.74) is 4.04. The normalized spacial score (nSPS) is 11.1. The highest BCUT2D eigenvalue weighted by molar-refractivity contribution is 7.98. The van der Waals surface area contributed by atoms with Crippen molar-refractivity contribution in [1.82, 2.24) is 24.7 Å². The highest BCUT2D eigenvalue weighted by Crippen LogP contribution is 2.31. The second kappa shape index (κ2) is 8.98. The van der Waals surface area contributed by atoms with Crippen LogP contribution in [0.5, 0.6) is 0 Å². The van der Waals surface area contributed by atoms with Crippen LogP contribution in [0.2, 0.25) is 5.02 Å². The van der Waals surface area contributed by atoms with Crippen LogP contribution in [-0.4, -0.2) is 24.7 Å². The maximum absolute atomic E-state index is 5.98. The molecule has 3 heterocycles. The van der Waals surface area contributed by atoms with Crippen molar-refractivity contribution in [2.75, 3.05) is 0 Å². The predicted octanol–water partition coefficient (Wildman–Crippen LogP) is 6.24. The molecule has 0 N–H and O–H groups in total. The Morgan fingerprint density at radius 2 is 1.72 bits per heavy atom. The van der Waals surface area contributed by atoms with Crippen LogP contribution < -0.4 is 0 Å². The van der Waals surface area contributed by atoms with Crippen molar-refractivity contribution in [1.29, 1.82) is 0 Å². The minimum Gasteiger partial charge on any atom is -0.440 e. The fourth-order valence-corrected chi connectivity index (χ4v) is 4.26. The van der Waals surface area contributed by atoms with Crippen molar-refractivity contribution in [2.45, 2.75) is 17.8 Å². The zero-order valence-electron chi connectivity index (χ0n) is 17.1. The van der Waals surface area contributed by atoms with Crippen LogP contribution in [0.3, 0.4) is 0 Å². The molecule has 0 unspecified atom stereocenters. The summed E-state index contributed by atoms with van der Waals surface area (Å²) < 4.78 is 8.02. The summed E-state index contributed by atoms with van der Waals surface area (Å²) in [5, 5.41) is 10.4. The average Bonchev–Trinajstić information content (AvgIpc) is 3.46. The molecule has 0 radical (unpaired) electrons. The quantitative estimate of drug-likeness (QED) is 0.280. The van der Waals surface area contributed by atoms with Crippen LogP contribution in [-0.2, 0) is 5.75 Å². The Morgan fingerprint density at radius 1 is 0.938 bits per heavy atom. The van der Waals surface area contributed by atoms with Crippen LogP contribution in [0.4, 0.5) is 0 Å². The number of nitrogens with zero attached hydrogens (tertiary/aromatic N) is 5. The van der Waals surface area contributed by atoms with Gasteiger partial charge in [0.1, 0.15) is 0 Å². The molecular formula is C24H18ClN5OS. The first-order chi connectivity index (χ1) is 15.7. The first-order valence-electron chi connectivity index (χ1n) is 9.94. The molecule has 3 aromatic heterocycles. The number of benzene rings is 2. The molecule has 5 aromatic rings. The van der Waals surface area contributed by atoms with E-state index in [9.17, 15) is 0 Å². The van der Waals surface area contributed by atoms with Gasteiger partial charge in [0.2, 0.25) is 5.89 Å². The SMILES string of the molecule is Cc1ccccc1-n1c(SCc2ncc(-c3ccc(Cl)cc3)o2)nnc1-c1ccncc1. The number of pyridine rings is 1. The predicted molar refractivity (Wildman–Crippen MR) is 126 cm³/mol. The molecule has 158 valence electrons. The second-order valence-electron chi connectivity index (χ2n) is 7.08. The van der Waals surface area contributed by atoms with Crippen LogP contribution >= 0.6 is 23.4 Å². The van der Waals surface area contributed by atoms with E-state index in [0.717, 1.165) is 33.4 Å². The van der Waals surface area contributed by atoms with E-state index < -0.39 is 0 Å². The van der Waals surface area contributed by atoms with E-state index in [2.05, 4.69) is 43.8 Å². The Morgan fingerprint density at radius 3 is 2.50 bits per heavy atom. The number of halogens is 1. The van der Waals surface area contributed by atoms with E-state index in [4.69, 9.17) is 16.0 Å². The Hall–Kier alpha value is -3.42. The minimum atomic E-state index is 0.522. The zero-order valence-corrected chi connectivity index (χ0v) is 18.7. The number of hydrogen-bond donors (Lipinski definition) is 0. The number of aryl methyl sites for hydroxylation is 1. The van der Waals surface area contributed by atoms with Crippen molar-refractivity contribution >= 4 is 23.4 Å². The van der Waals surface area contributed by atoms with Gasteiger partial charge in [-0.15, -0.1) is 10.2 Å². The Labute approximate surface area is 194 Å². The second-order valence-corrected chi connectivity index (χ2v) is 8.46. The molecule has 5 rings (SSSR count). The molecule has 8 heteroatoms. The maximum atomic E-state index is 5.98. The molecule has 2 aromatic carbocycles. The van der Waals surface area contributed by atoms with E-state index in [-0.39, 0.29) is 0 Å². The van der Waals surface area contributed by atoms with E-state index in [0.29, 0.717) is 22.4 Å². The smallest absolute Gasteiger partial charge is 0.205 e. The summed E-state index contributed by atoms with van der Waals surface area (Å²) in [6.45, 7) is 2.08. The van der Waals surface area contributed by atoms with Crippen LogP contribution in [0, 0.1) is 6.92 Å². The molecule has 0 bridgehead atoms. The van der Waals surface area contributed by atoms with Gasteiger partial charge in [-0.1, -0.05) is 41.6 Å². The van der Waals surface area contributed by atoms with Gasteiger partial charge in [-0.3, -0.25) is 9.55 Å². The molecule has 0 aliphatic carbocycles. The Bertz CT molecular complexity index is 1350. The highest BCUT2D eigenvalue weighted by atomic mass is 35.5. The summed E-state index contributed by atoms with van der Waals surface area (Å²) in [5.74, 6) is 2.60. The Kier molecular flexibility index (Phi) is 5.75. The summed E-state index contributed by atoms with van der Waals surface area (Å²) in [4.78, 5) is 8.54. The molecule has 0 saturated carbocycles. The van der Waals surface area contributed by atoms with Crippen molar-refractivity contribution in [3.63, 3.8) is 0 Å². The van der Waals surface area contributed by atoms with Crippen molar-refractivity contribution in [3.05, 3.63) is 95.7 Å². The van der Waals surface area contributed by atoms with Crippen molar-refractivity contribution in [3.8, 4) is 28.4 Å². The number of hydrogen-bond acceptors (Lipinski definition) is 6. The number of rotatable bonds is 6. The van der Waals surface area contributed by atoms with Gasteiger partial charge in [0.25, 0.3) is 0 Å². The molecule has 0 aliphatic rings. The maximum Gasteiger partial charge on any atom is 0.205 e. The fraction of sp³-hybridized carbons (Fsp3) is 0.0833. The number of para-hydroxylation sites is 1. The topological polar surface area (TPSA) is 69.6 Å².